The largest absolute Gasteiger partial charge is 0.462 e. The Balaban J connectivity index is 1.73. The van der Waals surface area contributed by atoms with Crippen molar-refractivity contribution in [2.45, 2.75) is 13.5 Å². The SMILES string of the molecule is CCOC(=O)c1ccc(-c2nn(Cc3cccc(Cl)c3)c3ccccc23)cc1. The standard InChI is InChI=1S/C23H19ClN2O2/c1-2-28-23(27)18-12-10-17(11-13-18)22-20-8-3-4-9-21(20)26(25-22)15-16-6-5-7-19(24)14-16/h3-14H,2,15H2,1H3. The summed E-state index contributed by atoms with van der Waals surface area (Å²) in [6.45, 7) is 2.78. The molecule has 140 valence electrons. The summed E-state index contributed by atoms with van der Waals surface area (Å²) in [4.78, 5) is 11.9. The van der Waals surface area contributed by atoms with Crippen LogP contribution < -0.4 is 0 Å². The molecule has 1 heterocycles. The fraction of sp³-hybridized carbons (Fsp3) is 0.130. The Hall–Kier alpha value is -3.11. The third kappa shape index (κ3) is 3.64. The summed E-state index contributed by atoms with van der Waals surface area (Å²) >= 11 is 6.13. The second-order valence-corrected chi connectivity index (χ2v) is 6.89. The monoisotopic (exact) mass is 390 g/mol. The van der Waals surface area contributed by atoms with Crippen LogP contribution in [0.1, 0.15) is 22.8 Å². The van der Waals surface area contributed by atoms with Gasteiger partial charge in [-0.2, -0.15) is 5.10 Å². The smallest absolute Gasteiger partial charge is 0.338 e. The summed E-state index contributed by atoms with van der Waals surface area (Å²) in [5, 5.41) is 6.63. The van der Waals surface area contributed by atoms with Crippen LogP contribution in [0.3, 0.4) is 0 Å². The van der Waals surface area contributed by atoms with E-state index in [4.69, 9.17) is 21.4 Å². The van der Waals surface area contributed by atoms with Gasteiger partial charge in [-0.05, 0) is 42.8 Å². The zero-order valence-corrected chi connectivity index (χ0v) is 16.2. The number of nitrogens with zero attached hydrogens (tertiary/aromatic N) is 2. The predicted molar refractivity (Wildman–Crippen MR) is 112 cm³/mol. The van der Waals surface area contributed by atoms with E-state index in [-0.39, 0.29) is 5.97 Å². The van der Waals surface area contributed by atoms with Crippen molar-refractivity contribution < 1.29 is 9.53 Å². The molecule has 4 aromatic rings. The zero-order chi connectivity index (χ0) is 19.5. The van der Waals surface area contributed by atoms with E-state index < -0.39 is 0 Å². The summed E-state index contributed by atoms with van der Waals surface area (Å²) in [5.41, 5.74) is 4.51. The molecule has 0 N–H and O–H groups in total. The van der Waals surface area contributed by atoms with E-state index in [9.17, 15) is 4.79 Å². The van der Waals surface area contributed by atoms with E-state index in [2.05, 4.69) is 12.1 Å². The van der Waals surface area contributed by atoms with Crippen molar-refractivity contribution in [3.8, 4) is 11.3 Å². The van der Waals surface area contributed by atoms with Crippen LogP contribution >= 0.6 is 11.6 Å². The van der Waals surface area contributed by atoms with Gasteiger partial charge in [0, 0.05) is 16.0 Å². The van der Waals surface area contributed by atoms with Crippen LogP contribution in [0.5, 0.6) is 0 Å². The number of ether oxygens (including phenoxy) is 1. The van der Waals surface area contributed by atoms with Crippen molar-refractivity contribution in [2.75, 3.05) is 6.61 Å². The molecule has 28 heavy (non-hydrogen) atoms. The molecular weight excluding hydrogens is 372 g/mol. The molecule has 0 aliphatic rings. The van der Waals surface area contributed by atoms with E-state index in [0.717, 1.165) is 27.7 Å². The van der Waals surface area contributed by atoms with E-state index in [1.807, 2.05) is 53.2 Å². The van der Waals surface area contributed by atoms with Crippen LogP contribution in [0.25, 0.3) is 22.2 Å². The van der Waals surface area contributed by atoms with Gasteiger partial charge in [0.1, 0.15) is 5.69 Å². The first-order chi connectivity index (χ1) is 13.7. The lowest BCUT2D eigenvalue weighted by Gasteiger charge is -2.04. The van der Waals surface area contributed by atoms with Crippen molar-refractivity contribution >= 4 is 28.5 Å². The molecule has 0 aliphatic carbocycles. The lowest BCUT2D eigenvalue weighted by molar-refractivity contribution is 0.0526. The Morgan fingerprint density at radius 1 is 1.04 bits per heavy atom. The topological polar surface area (TPSA) is 44.1 Å². The molecule has 4 nitrogen and oxygen atoms in total. The number of carbonyl (C=O) groups excluding carboxylic acids is 1. The minimum Gasteiger partial charge on any atom is -0.462 e. The fourth-order valence-electron chi connectivity index (χ4n) is 3.25. The minimum absolute atomic E-state index is 0.314. The van der Waals surface area contributed by atoms with Gasteiger partial charge in [0.25, 0.3) is 0 Å². The molecule has 0 saturated carbocycles. The van der Waals surface area contributed by atoms with Crippen molar-refractivity contribution in [3.05, 3.63) is 88.9 Å². The van der Waals surface area contributed by atoms with Crippen molar-refractivity contribution in [1.29, 1.82) is 0 Å². The minimum atomic E-state index is -0.314. The number of hydrogen-bond donors (Lipinski definition) is 0. The highest BCUT2D eigenvalue weighted by atomic mass is 35.5. The molecule has 4 rings (SSSR count). The Morgan fingerprint density at radius 2 is 1.82 bits per heavy atom. The maximum Gasteiger partial charge on any atom is 0.338 e. The van der Waals surface area contributed by atoms with Crippen LogP contribution in [0.2, 0.25) is 5.02 Å². The fourth-order valence-corrected chi connectivity index (χ4v) is 3.46. The normalized spacial score (nSPS) is 10.9. The number of benzene rings is 3. The van der Waals surface area contributed by atoms with E-state index >= 15 is 0 Å². The predicted octanol–water partition coefficient (Wildman–Crippen LogP) is 5.58. The second kappa shape index (κ2) is 7.87. The molecule has 0 aliphatic heterocycles. The number of rotatable bonds is 5. The maximum absolute atomic E-state index is 11.9. The number of hydrogen-bond acceptors (Lipinski definition) is 3. The van der Waals surface area contributed by atoms with Gasteiger partial charge >= 0.3 is 5.97 Å². The quantitative estimate of drug-likeness (QED) is 0.418. The van der Waals surface area contributed by atoms with Crippen molar-refractivity contribution in [3.63, 3.8) is 0 Å². The highest BCUT2D eigenvalue weighted by Crippen LogP contribution is 2.29. The highest BCUT2D eigenvalue weighted by molar-refractivity contribution is 6.30. The Labute approximate surface area is 168 Å². The van der Waals surface area contributed by atoms with Gasteiger partial charge in [0.15, 0.2) is 0 Å². The number of fused-ring (bicyclic) bond motifs is 1. The molecule has 0 atom stereocenters. The maximum atomic E-state index is 11.9. The van der Waals surface area contributed by atoms with E-state index in [1.165, 1.54) is 0 Å². The molecule has 5 heteroatoms. The summed E-state index contributed by atoms with van der Waals surface area (Å²) in [6.07, 6.45) is 0. The molecule has 3 aromatic carbocycles. The summed E-state index contributed by atoms with van der Waals surface area (Å²) in [5.74, 6) is -0.314. The number of carbonyl (C=O) groups is 1. The molecular formula is C23H19ClN2O2. The molecule has 0 amide bonds. The van der Waals surface area contributed by atoms with Crippen molar-refractivity contribution in [1.82, 2.24) is 9.78 Å². The van der Waals surface area contributed by atoms with E-state index in [0.29, 0.717) is 23.7 Å². The van der Waals surface area contributed by atoms with Crippen LogP contribution in [0.15, 0.2) is 72.8 Å². The van der Waals surface area contributed by atoms with Gasteiger partial charge < -0.3 is 4.74 Å². The molecule has 0 radical (unpaired) electrons. The lowest BCUT2D eigenvalue weighted by atomic mass is 10.1. The van der Waals surface area contributed by atoms with Gasteiger partial charge in [-0.15, -0.1) is 0 Å². The third-order valence-corrected chi connectivity index (χ3v) is 4.78. The van der Waals surface area contributed by atoms with Crippen LogP contribution in [-0.2, 0) is 11.3 Å². The highest BCUT2D eigenvalue weighted by Gasteiger charge is 2.13. The van der Waals surface area contributed by atoms with Crippen LogP contribution in [-0.4, -0.2) is 22.4 Å². The number of halogens is 1. The number of aromatic nitrogens is 2. The van der Waals surface area contributed by atoms with Gasteiger partial charge in [-0.3, -0.25) is 4.68 Å². The molecule has 0 bridgehead atoms. The number of esters is 1. The van der Waals surface area contributed by atoms with Gasteiger partial charge in [-0.1, -0.05) is 54.1 Å². The van der Waals surface area contributed by atoms with Gasteiger partial charge in [0.2, 0.25) is 0 Å². The first-order valence-electron chi connectivity index (χ1n) is 9.13. The summed E-state index contributed by atoms with van der Waals surface area (Å²) in [6, 6.07) is 23.3. The average molecular weight is 391 g/mol. The third-order valence-electron chi connectivity index (χ3n) is 4.55. The summed E-state index contributed by atoms with van der Waals surface area (Å²) < 4.78 is 7.04. The lowest BCUT2D eigenvalue weighted by Crippen LogP contribution is -2.04. The second-order valence-electron chi connectivity index (χ2n) is 6.45. The molecule has 1 aromatic heterocycles. The molecule has 0 spiro atoms. The first-order valence-corrected chi connectivity index (χ1v) is 9.51. The van der Waals surface area contributed by atoms with E-state index in [1.54, 1.807) is 19.1 Å². The van der Waals surface area contributed by atoms with Crippen LogP contribution in [0, 0.1) is 0 Å². The Morgan fingerprint density at radius 3 is 2.57 bits per heavy atom. The number of para-hydroxylation sites is 1. The van der Waals surface area contributed by atoms with Crippen molar-refractivity contribution in [2.24, 2.45) is 0 Å². The summed E-state index contributed by atoms with van der Waals surface area (Å²) in [7, 11) is 0. The average Bonchev–Trinajstić information content (AvgIpc) is 3.07. The molecule has 0 fully saturated rings. The Bertz CT molecular complexity index is 1130. The zero-order valence-electron chi connectivity index (χ0n) is 15.4. The van der Waals surface area contributed by atoms with Gasteiger partial charge in [-0.25, -0.2) is 4.79 Å². The Kier molecular flexibility index (Phi) is 5.13. The van der Waals surface area contributed by atoms with Crippen LogP contribution in [0.4, 0.5) is 0 Å². The first kappa shape index (κ1) is 18.3. The molecule has 0 saturated heterocycles. The molecule has 0 unspecified atom stereocenters. The van der Waals surface area contributed by atoms with Gasteiger partial charge in [0.05, 0.1) is 24.2 Å².